The minimum absolute atomic E-state index is 0.0353. The number of carbonyl (C=O) groups is 1. The van der Waals surface area contributed by atoms with Gasteiger partial charge in [-0.3, -0.25) is 4.79 Å². The number of aliphatic hydroxyl groups is 1. The summed E-state index contributed by atoms with van der Waals surface area (Å²) in [4.78, 5) is 21.4. The van der Waals surface area contributed by atoms with Gasteiger partial charge >= 0.3 is 0 Å². The van der Waals surface area contributed by atoms with Crippen LogP contribution in [0.15, 0.2) is 53.8 Å². The van der Waals surface area contributed by atoms with E-state index in [0.29, 0.717) is 47.7 Å². The largest absolute Gasteiger partial charge is 0.493 e. The molecule has 10 nitrogen and oxygen atoms in total. The molecule has 0 spiro atoms. The predicted molar refractivity (Wildman–Crippen MR) is 142 cm³/mol. The van der Waals surface area contributed by atoms with Gasteiger partial charge in [-0.25, -0.2) is 9.99 Å². The number of carbonyl (C=O) groups excluding carboxylic acids is 1. The first-order chi connectivity index (χ1) is 17.9. The number of ether oxygens (including phenoxy) is 2. The quantitative estimate of drug-likeness (QED) is 0.378. The number of hydrazone groups is 1. The molecule has 3 aromatic rings. The molecule has 10 heteroatoms. The van der Waals surface area contributed by atoms with Crippen molar-refractivity contribution in [2.24, 2.45) is 5.10 Å². The molecule has 0 saturated carbocycles. The lowest BCUT2D eigenvalue weighted by Crippen LogP contribution is -2.32. The first-order valence-electron chi connectivity index (χ1n) is 11.8. The molecule has 0 saturated heterocycles. The molecule has 2 aromatic carbocycles. The number of nitrogens with zero attached hydrogens (tertiary/aromatic N) is 4. The summed E-state index contributed by atoms with van der Waals surface area (Å²) in [6.45, 7) is 0.0353. The number of fused-ring (bicyclic) bond motifs is 1. The Morgan fingerprint density at radius 3 is 2.73 bits per heavy atom. The smallest absolute Gasteiger partial charge is 0.267 e. The average molecular weight is 503 g/mol. The zero-order valence-corrected chi connectivity index (χ0v) is 20.8. The number of methoxy groups -OCH3 is 2. The summed E-state index contributed by atoms with van der Waals surface area (Å²) >= 11 is 0. The van der Waals surface area contributed by atoms with Crippen LogP contribution in [0.4, 0.5) is 11.8 Å². The lowest BCUT2D eigenvalue weighted by Gasteiger charge is -2.31. The number of aromatic nitrogens is 2. The Hall–Kier alpha value is -4.44. The van der Waals surface area contributed by atoms with Crippen molar-refractivity contribution in [3.8, 4) is 11.5 Å². The number of amides is 1. The topological polar surface area (TPSA) is 149 Å². The third kappa shape index (κ3) is 5.70. The van der Waals surface area contributed by atoms with Crippen LogP contribution in [0, 0.1) is 0 Å². The third-order valence-corrected chi connectivity index (χ3v) is 6.12. The predicted octanol–water partition coefficient (Wildman–Crippen LogP) is 2.95. The highest BCUT2D eigenvalue weighted by atomic mass is 16.5. The van der Waals surface area contributed by atoms with Crippen LogP contribution < -0.4 is 20.9 Å². The van der Waals surface area contributed by atoms with Gasteiger partial charge in [-0.05, 0) is 47.7 Å². The van der Waals surface area contributed by atoms with Crippen LogP contribution in [0.5, 0.6) is 11.5 Å². The maximum atomic E-state index is 13.3. The molecular formula is C27H30N6O4. The van der Waals surface area contributed by atoms with Crippen LogP contribution in [-0.2, 0) is 11.2 Å². The van der Waals surface area contributed by atoms with Crippen molar-refractivity contribution in [1.29, 1.82) is 0 Å². The Kier molecular flexibility index (Phi) is 7.99. The van der Waals surface area contributed by atoms with Gasteiger partial charge in [-0.1, -0.05) is 24.3 Å². The van der Waals surface area contributed by atoms with Gasteiger partial charge in [0.15, 0.2) is 11.5 Å². The highest BCUT2D eigenvalue weighted by Crippen LogP contribution is 2.35. The fourth-order valence-electron chi connectivity index (χ4n) is 4.35. The summed E-state index contributed by atoms with van der Waals surface area (Å²) in [6, 6.07) is 11.3. The van der Waals surface area contributed by atoms with E-state index < -0.39 is 0 Å². The molecule has 37 heavy (non-hydrogen) atoms. The van der Waals surface area contributed by atoms with Crippen LogP contribution in [-0.4, -0.2) is 53.0 Å². The zero-order valence-electron chi connectivity index (χ0n) is 20.8. The first-order valence-corrected chi connectivity index (χ1v) is 11.8. The number of anilines is 2. The van der Waals surface area contributed by atoms with Gasteiger partial charge in [0.05, 0.1) is 26.5 Å². The maximum absolute atomic E-state index is 13.3. The lowest BCUT2D eigenvalue weighted by molar-refractivity contribution is -0.128. The van der Waals surface area contributed by atoms with E-state index in [0.717, 1.165) is 16.7 Å². The van der Waals surface area contributed by atoms with Crippen molar-refractivity contribution in [2.45, 2.75) is 25.3 Å². The molecule has 4 rings (SSSR count). The summed E-state index contributed by atoms with van der Waals surface area (Å²) in [5.41, 5.74) is 15.8. The summed E-state index contributed by atoms with van der Waals surface area (Å²) in [7, 11) is 3.09. The summed E-state index contributed by atoms with van der Waals surface area (Å²) in [6.07, 6.45) is 7.97. The van der Waals surface area contributed by atoms with Gasteiger partial charge in [0.2, 0.25) is 5.95 Å². The minimum atomic E-state index is -0.295. The van der Waals surface area contributed by atoms with Crippen LogP contribution in [0.2, 0.25) is 0 Å². The number of hydrogen-bond donors (Lipinski definition) is 3. The number of rotatable bonds is 9. The molecule has 192 valence electrons. The molecule has 1 amide bonds. The van der Waals surface area contributed by atoms with Crippen molar-refractivity contribution in [3.05, 3.63) is 76.5 Å². The summed E-state index contributed by atoms with van der Waals surface area (Å²) in [5.74, 6) is 1.10. The SMILES string of the molecule is COc1cc(Cc2cnc(N)nc2N)cc(/C=C/C(=O)N2N=Cc3ccccc3C2CCCO)c1OC. The zero-order chi connectivity index (χ0) is 26.4. The molecule has 1 unspecified atom stereocenters. The fraction of sp³-hybridized carbons (Fsp3) is 0.259. The van der Waals surface area contributed by atoms with E-state index in [2.05, 4.69) is 15.1 Å². The molecule has 0 bridgehead atoms. The first kappa shape index (κ1) is 25.6. The fourth-order valence-corrected chi connectivity index (χ4v) is 4.35. The van der Waals surface area contributed by atoms with Gasteiger partial charge in [-0.15, -0.1) is 0 Å². The molecule has 2 heterocycles. The maximum Gasteiger partial charge on any atom is 0.267 e. The standard InChI is InChI=1S/C27H30N6O4/c1-36-23-14-17(13-20-15-30-27(29)32-26(20)28)12-18(25(23)37-2)9-10-24(35)33-22(8-5-11-34)21-7-4-3-6-19(21)16-31-33/h3-4,6-7,9-10,12,14-16,22,34H,5,8,11,13H2,1-2H3,(H4,28,29,30,32)/b10-9+. The second-order valence-corrected chi connectivity index (χ2v) is 8.51. The van der Waals surface area contributed by atoms with E-state index in [1.165, 1.54) is 11.1 Å². The minimum Gasteiger partial charge on any atom is -0.493 e. The number of benzene rings is 2. The van der Waals surface area contributed by atoms with Gasteiger partial charge in [-0.2, -0.15) is 10.1 Å². The van der Waals surface area contributed by atoms with Crippen molar-refractivity contribution < 1.29 is 19.4 Å². The number of nitrogens with two attached hydrogens (primary N) is 2. The van der Waals surface area contributed by atoms with Crippen LogP contribution >= 0.6 is 0 Å². The van der Waals surface area contributed by atoms with Crippen LogP contribution in [0.25, 0.3) is 6.08 Å². The number of hydrogen-bond acceptors (Lipinski definition) is 9. The highest BCUT2D eigenvalue weighted by molar-refractivity contribution is 5.95. The van der Waals surface area contributed by atoms with Crippen LogP contribution in [0.1, 0.15) is 46.7 Å². The Bertz CT molecular complexity index is 1340. The van der Waals surface area contributed by atoms with Gasteiger partial charge in [0, 0.05) is 36.4 Å². The molecule has 0 fully saturated rings. The average Bonchev–Trinajstić information content (AvgIpc) is 2.91. The third-order valence-electron chi connectivity index (χ3n) is 6.12. The Morgan fingerprint density at radius 1 is 1.19 bits per heavy atom. The number of aliphatic hydroxyl groups excluding tert-OH is 1. The van der Waals surface area contributed by atoms with E-state index in [-0.39, 0.29) is 24.5 Å². The summed E-state index contributed by atoms with van der Waals surface area (Å²) < 4.78 is 11.1. The van der Waals surface area contributed by atoms with Gasteiger partial charge in [0.25, 0.3) is 5.91 Å². The second kappa shape index (κ2) is 11.5. The second-order valence-electron chi connectivity index (χ2n) is 8.51. The molecule has 1 aliphatic rings. The Morgan fingerprint density at radius 2 is 2.00 bits per heavy atom. The van der Waals surface area contributed by atoms with E-state index in [4.69, 9.17) is 20.9 Å². The molecular weight excluding hydrogens is 472 g/mol. The molecule has 5 N–H and O–H groups in total. The molecule has 0 radical (unpaired) electrons. The highest BCUT2D eigenvalue weighted by Gasteiger charge is 2.28. The van der Waals surface area contributed by atoms with E-state index in [9.17, 15) is 9.90 Å². The van der Waals surface area contributed by atoms with E-state index in [1.807, 2.05) is 36.4 Å². The van der Waals surface area contributed by atoms with Gasteiger partial charge < -0.3 is 26.0 Å². The summed E-state index contributed by atoms with van der Waals surface area (Å²) in [5, 5.41) is 15.3. The van der Waals surface area contributed by atoms with Crippen LogP contribution in [0.3, 0.4) is 0 Å². The lowest BCUT2D eigenvalue weighted by atomic mass is 9.95. The van der Waals surface area contributed by atoms with E-state index in [1.54, 1.807) is 32.7 Å². The van der Waals surface area contributed by atoms with Crippen molar-refractivity contribution in [3.63, 3.8) is 0 Å². The molecule has 0 aliphatic carbocycles. The number of nitrogen functional groups attached to an aromatic ring is 2. The molecule has 1 aliphatic heterocycles. The van der Waals surface area contributed by atoms with Crippen molar-refractivity contribution in [2.75, 3.05) is 32.3 Å². The molecule has 1 aromatic heterocycles. The van der Waals surface area contributed by atoms with Crippen molar-refractivity contribution in [1.82, 2.24) is 15.0 Å². The Balaban J connectivity index is 1.64. The monoisotopic (exact) mass is 502 g/mol. The Labute approximate surface area is 215 Å². The molecule has 1 atom stereocenters. The van der Waals surface area contributed by atoms with Crippen molar-refractivity contribution >= 4 is 30.0 Å². The van der Waals surface area contributed by atoms with Gasteiger partial charge in [0.1, 0.15) is 5.82 Å². The normalized spacial score (nSPS) is 14.6. The van der Waals surface area contributed by atoms with E-state index >= 15 is 0 Å².